The SMILES string of the molecule is CCCC(C)OCc1cccc(NC)n1. The van der Waals surface area contributed by atoms with Crippen molar-refractivity contribution in [1.82, 2.24) is 4.98 Å². The Balaban J connectivity index is 2.43. The Labute approximate surface area is 91.9 Å². The summed E-state index contributed by atoms with van der Waals surface area (Å²) >= 11 is 0. The van der Waals surface area contributed by atoms with Gasteiger partial charge in [-0.05, 0) is 25.5 Å². The summed E-state index contributed by atoms with van der Waals surface area (Å²) in [6.45, 7) is 4.86. The Hall–Kier alpha value is -1.09. The van der Waals surface area contributed by atoms with Crippen molar-refractivity contribution in [2.45, 2.75) is 39.4 Å². The smallest absolute Gasteiger partial charge is 0.126 e. The van der Waals surface area contributed by atoms with Gasteiger partial charge in [0, 0.05) is 7.05 Å². The molecule has 1 atom stereocenters. The quantitative estimate of drug-likeness (QED) is 0.780. The zero-order valence-electron chi connectivity index (χ0n) is 9.79. The van der Waals surface area contributed by atoms with E-state index in [0.29, 0.717) is 12.7 Å². The highest BCUT2D eigenvalue weighted by molar-refractivity contribution is 5.33. The minimum Gasteiger partial charge on any atom is -0.373 e. The van der Waals surface area contributed by atoms with Gasteiger partial charge >= 0.3 is 0 Å². The molecule has 1 heterocycles. The second-order valence-corrected chi connectivity index (χ2v) is 3.67. The summed E-state index contributed by atoms with van der Waals surface area (Å²) in [4.78, 5) is 4.39. The molecule has 0 aliphatic rings. The molecular formula is C12H20N2O. The van der Waals surface area contributed by atoms with E-state index < -0.39 is 0 Å². The third-order valence-corrected chi connectivity index (χ3v) is 2.27. The Bertz CT molecular complexity index is 289. The highest BCUT2D eigenvalue weighted by Crippen LogP contribution is 2.08. The largest absolute Gasteiger partial charge is 0.373 e. The standard InChI is InChI=1S/C12H20N2O/c1-4-6-10(2)15-9-11-7-5-8-12(13-3)14-11/h5,7-8,10H,4,6,9H2,1-3H3,(H,13,14). The van der Waals surface area contributed by atoms with Gasteiger partial charge in [0.1, 0.15) is 5.82 Å². The van der Waals surface area contributed by atoms with Gasteiger partial charge in [0.2, 0.25) is 0 Å². The molecule has 3 heteroatoms. The molecule has 0 saturated carbocycles. The Kier molecular flexibility index (Phi) is 5.12. The van der Waals surface area contributed by atoms with Crippen LogP contribution in [-0.2, 0) is 11.3 Å². The number of hydrogen-bond donors (Lipinski definition) is 1. The van der Waals surface area contributed by atoms with Crippen LogP contribution in [0.3, 0.4) is 0 Å². The number of nitrogens with zero attached hydrogens (tertiary/aromatic N) is 1. The number of anilines is 1. The molecule has 1 aromatic heterocycles. The number of pyridine rings is 1. The third kappa shape index (κ3) is 4.30. The van der Waals surface area contributed by atoms with Gasteiger partial charge in [-0.25, -0.2) is 4.98 Å². The first kappa shape index (κ1) is 12.0. The number of aromatic nitrogens is 1. The average molecular weight is 208 g/mol. The summed E-state index contributed by atoms with van der Waals surface area (Å²) in [7, 11) is 1.87. The summed E-state index contributed by atoms with van der Waals surface area (Å²) in [6.07, 6.45) is 2.58. The van der Waals surface area contributed by atoms with E-state index in [1.54, 1.807) is 0 Å². The van der Waals surface area contributed by atoms with Crippen molar-refractivity contribution in [1.29, 1.82) is 0 Å². The molecule has 1 N–H and O–H groups in total. The lowest BCUT2D eigenvalue weighted by Gasteiger charge is -2.11. The minimum atomic E-state index is 0.315. The van der Waals surface area contributed by atoms with Gasteiger partial charge < -0.3 is 10.1 Å². The highest BCUT2D eigenvalue weighted by Gasteiger charge is 2.02. The van der Waals surface area contributed by atoms with Crippen LogP contribution >= 0.6 is 0 Å². The predicted molar refractivity (Wildman–Crippen MR) is 62.9 cm³/mol. The summed E-state index contributed by atoms with van der Waals surface area (Å²) < 4.78 is 5.68. The molecule has 84 valence electrons. The molecule has 0 aliphatic heterocycles. The first-order valence-electron chi connectivity index (χ1n) is 5.51. The fourth-order valence-corrected chi connectivity index (χ4v) is 1.42. The second kappa shape index (κ2) is 6.40. The van der Waals surface area contributed by atoms with Crippen molar-refractivity contribution >= 4 is 5.82 Å². The summed E-state index contributed by atoms with van der Waals surface area (Å²) in [6, 6.07) is 5.92. The third-order valence-electron chi connectivity index (χ3n) is 2.27. The van der Waals surface area contributed by atoms with Crippen LogP contribution in [0.1, 0.15) is 32.4 Å². The lowest BCUT2D eigenvalue weighted by molar-refractivity contribution is 0.0453. The first-order valence-corrected chi connectivity index (χ1v) is 5.51. The van der Waals surface area contributed by atoms with Crippen LogP contribution in [0.5, 0.6) is 0 Å². The normalized spacial score (nSPS) is 12.5. The predicted octanol–water partition coefficient (Wildman–Crippen LogP) is 2.83. The first-order chi connectivity index (χ1) is 7.26. The van der Waals surface area contributed by atoms with Crippen molar-refractivity contribution in [3.05, 3.63) is 23.9 Å². The molecule has 3 nitrogen and oxygen atoms in total. The molecule has 0 fully saturated rings. The summed E-state index contributed by atoms with van der Waals surface area (Å²) in [5.41, 5.74) is 0.977. The van der Waals surface area contributed by atoms with Gasteiger partial charge in [0.25, 0.3) is 0 Å². The fraction of sp³-hybridized carbons (Fsp3) is 0.583. The van der Waals surface area contributed by atoms with E-state index in [1.807, 2.05) is 25.2 Å². The van der Waals surface area contributed by atoms with Crippen LogP contribution in [-0.4, -0.2) is 18.1 Å². The van der Waals surface area contributed by atoms with E-state index in [2.05, 4.69) is 24.1 Å². The zero-order chi connectivity index (χ0) is 11.1. The zero-order valence-corrected chi connectivity index (χ0v) is 9.79. The molecular weight excluding hydrogens is 188 g/mol. The number of nitrogens with one attached hydrogen (secondary N) is 1. The molecule has 0 amide bonds. The topological polar surface area (TPSA) is 34.1 Å². The minimum absolute atomic E-state index is 0.315. The number of ether oxygens (including phenoxy) is 1. The molecule has 0 aromatic carbocycles. The summed E-state index contributed by atoms with van der Waals surface area (Å²) in [5, 5.41) is 3.01. The van der Waals surface area contributed by atoms with Gasteiger partial charge in [-0.15, -0.1) is 0 Å². The van der Waals surface area contributed by atoms with Crippen LogP contribution in [0.4, 0.5) is 5.82 Å². The van der Waals surface area contributed by atoms with Crippen LogP contribution in [0, 0.1) is 0 Å². The maximum atomic E-state index is 5.68. The van der Waals surface area contributed by atoms with Crippen molar-refractivity contribution in [3.8, 4) is 0 Å². The van der Waals surface area contributed by atoms with E-state index in [0.717, 1.165) is 24.4 Å². The molecule has 0 saturated heterocycles. The molecule has 1 aromatic rings. The van der Waals surface area contributed by atoms with Gasteiger partial charge in [-0.3, -0.25) is 0 Å². The van der Waals surface area contributed by atoms with E-state index in [-0.39, 0.29) is 0 Å². The van der Waals surface area contributed by atoms with Gasteiger partial charge in [0.05, 0.1) is 18.4 Å². The van der Waals surface area contributed by atoms with Crippen molar-refractivity contribution in [3.63, 3.8) is 0 Å². The Morgan fingerprint density at radius 2 is 2.27 bits per heavy atom. The summed E-state index contributed by atoms with van der Waals surface area (Å²) in [5.74, 6) is 0.888. The molecule has 0 spiro atoms. The average Bonchev–Trinajstić information content (AvgIpc) is 2.27. The molecule has 0 radical (unpaired) electrons. The van der Waals surface area contributed by atoms with Crippen LogP contribution < -0.4 is 5.32 Å². The maximum absolute atomic E-state index is 5.68. The van der Waals surface area contributed by atoms with Gasteiger partial charge in [0.15, 0.2) is 0 Å². The van der Waals surface area contributed by atoms with Crippen molar-refractivity contribution < 1.29 is 4.74 Å². The van der Waals surface area contributed by atoms with Crippen LogP contribution in [0.2, 0.25) is 0 Å². The molecule has 15 heavy (non-hydrogen) atoms. The fourth-order valence-electron chi connectivity index (χ4n) is 1.42. The van der Waals surface area contributed by atoms with Crippen molar-refractivity contribution in [2.75, 3.05) is 12.4 Å². The Morgan fingerprint density at radius 1 is 1.47 bits per heavy atom. The van der Waals surface area contributed by atoms with E-state index in [9.17, 15) is 0 Å². The van der Waals surface area contributed by atoms with E-state index in [4.69, 9.17) is 4.74 Å². The van der Waals surface area contributed by atoms with Crippen molar-refractivity contribution in [2.24, 2.45) is 0 Å². The van der Waals surface area contributed by atoms with Gasteiger partial charge in [-0.1, -0.05) is 19.4 Å². The lowest BCUT2D eigenvalue weighted by atomic mass is 10.2. The maximum Gasteiger partial charge on any atom is 0.126 e. The Morgan fingerprint density at radius 3 is 2.93 bits per heavy atom. The lowest BCUT2D eigenvalue weighted by Crippen LogP contribution is -2.08. The number of hydrogen-bond acceptors (Lipinski definition) is 3. The second-order valence-electron chi connectivity index (χ2n) is 3.67. The molecule has 0 bridgehead atoms. The highest BCUT2D eigenvalue weighted by atomic mass is 16.5. The van der Waals surface area contributed by atoms with Crippen LogP contribution in [0.25, 0.3) is 0 Å². The number of rotatable bonds is 6. The monoisotopic (exact) mass is 208 g/mol. The van der Waals surface area contributed by atoms with Gasteiger partial charge in [-0.2, -0.15) is 0 Å². The van der Waals surface area contributed by atoms with E-state index in [1.165, 1.54) is 0 Å². The molecule has 1 rings (SSSR count). The van der Waals surface area contributed by atoms with E-state index >= 15 is 0 Å². The van der Waals surface area contributed by atoms with Crippen LogP contribution in [0.15, 0.2) is 18.2 Å². The molecule has 0 aliphatic carbocycles. The molecule has 1 unspecified atom stereocenters.